The van der Waals surface area contributed by atoms with Gasteiger partial charge in [-0.2, -0.15) is 10.1 Å². The Balaban J connectivity index is 1.93. The minimum absolute atomic E-state index is 0.573. The summed E-state index contributed by atoms with van der Waals surface area (Å²) in [4.78, 5) is 11.4. The molecule has 0 unspecified atom stereocenters. The van der Waals surface area contributed by atoms with E-state index in [4.69, 9.17) is 4.98 Å². The maximum atomic E-state index is 4.69. The monoisotopic (exact) mass is 315 g/mol. The Morgan fingerprint density at radius 3 is 2.42 bits per heavy atom. The highest BCUT2D eigenvalue weighted by Crippen LogP contribution is 2.29. The molecule has 0 saturated heterocycles. The van der Waals surface area contributed by atoms with E-state index in [0.29, 0.717) is 5.95 Å². The summed E-state index contributed by atoms with van der Waals surface area (Å²) in [5.41, 5.74) is 3.24. The van der Waals surface area contributed by atoms with Crippen molar-refractivity contribution in [2.45, 2.75) is 0 Å². The fraction of sp³-hybridized carbons (Fsp3) is 0.105. The molecule has 0 fully saturated rings. The first-order chi connectivity index (χ1) is 11.7. The highest BCUT2D eigenvalue weighted by atomic mass is 15.3. The van der Waals surface area contributed by atoms with Crippen molar-refractivity contribution < 1.29 is 0 Å². The van der Waals surface area contributed by atoms with Gasteiger partial charge in [-0.25, -0.2) is 9.67 Å². The molecule has 0 saturated carbocycles. The number of anilines is 1. The Morgan fingerprint density at radius 1 is 0.875 bits per heavy atom. The molecule has 0 N–H and O–H groups in total. The van der Waals surface area contributed by atoms with Gasteiger partial charge >= 0.3 is 0 Å². The van der Waals surface area contributed by atoms with Crippen molar-refractivity contribution in [3.8, 4) is 17.1 Å². The molecule has 2 heterocycles. The van der Waals surface area contributed by atoms with Gasteiger partial charge in [0.15, 0.2) is 0 Å². The van der Waals surface area contributed by atoms with Crippen LogP contribution in [0.2, 0.25) is 0 Å². The van der Waals surface area contributed by atoms with Gasteiger partial charge in [0, 0.05) is 31.9 Å². The smallest absolute Gasteiger partial charge is 0.253 e. The van der Waals surface area contributed by atoms with E-state index in [-0.39, 0.29) is 0 Å². The Morgan fingerprint density at radius 2 is 1.71 bits per heavy atom. The number of rotatable bonds is 3. The van der Waals surface area contributed by atoms with E-state index in [9.17, 15) is 0 Å². The molecule has 0 spiro atoms. The minimum Gasteiger partial charge on any atom is -0.362 e. The third kappa shape index (κ3) is 2.50. The largest absolute Gasteiger partial charge is 0.362 e. The van der Waals surface area contributed by atoms with Crippen LogP contribution >= 0.6 is 0 Å². The molecule has 0 amide bonds. The zero-order chi connectivity index (χ0) is 16.5. The molecule has 118 valence electrons. The van der Waals surface area contributed by atoms with Crippen LogP contribution in [0, 0.1) is 0 Å². The van der Waals surface area contributed by atoms with E-state index in [1.807, 2.05) is 55.5 Å². The van der Waals surface area contributed by atoms with E-state index in [1.54, 1.807) is 10.9 Å². The van der Waals surface area contributed by atoms with Crippen molar-refractivity contribution in [3.63, 3.8) is 0 Å². The van der Waals surface area contributed by atoms with Gasteiger partial charge in [0.05, 0.1) is 5.52 Å². The van der Waals surface area contributed by atoms with Crippen molar-refractivity contribution in [1.82, 2.24) is 19.7 Å². The van der Waals surface area contributed by atoms with Crippen molar-refractivity contribution in [1.29, 1.82) is 0 Å². The highest BCUT2D eigenvalue weighted by Gasteiger charge is 2.12. The van der Waals surface area contributed by atoms with Crippen LogP contribution < -0.4 is 4.90 Å². The average molecular weight is 315 g/mol. The summed E-state index contributed by atoms with van der Waals surface area (Å²) in [5.74, 6) is 1.45. The first kappa shape index (κ1) is 14.4. The first-order valence-corrected chi connectivity index (χ1v) is 7.77. The summed E-state index contributed by atoms with van der Waals surface area (Å²) in [6.07, 6.45) is 3.57. The lowest BCUT2D eigenvalue weighted by molar-refractivity contribution is 0.812. The lowest BCUT2D eigenvalue weighted by Gasteiger charge is -2.16. The maximum Gasteiger partial charge on any atom is 0.253 e. The molecule has 0 aliphatic rings. The average Bonchev–Trinajstić information content (AvgIpc) is 3.15. The summed E-state index contributed by atoms with van der Waals surface area (Å²) in [7, 11) is 3.98. The number of hydrogen-bond donors (Lipinski definition) is 0. The van der Waals surface area contributed by atoms with Gasteiger partial charge in [-0.15, -0.1) is 0 Å². The first-order valence-electron chi connectivity index (χ1n) is 7.77. The number of nitrogens with zero attached hydrogens (tertiary/aromatic N) is 5. The van der Waals surface area contributed by atoms with Gasteiger partial charge in [-0.1, -0.05) is 36.4 Å². The van der Waals surface area contributed by atoms with E-state index >= 15 is 0 Å². The van der Waals surface area contributed by atoms with E-state index < -0.39 is 0 Å². The van der Waals surface area contributed by atoms with Crippen LogP contribution in [-0.4, -0.2) is 33.8 Å². The predicted molar refractivity (Wildman–Crippen MR) is 96.4 cm³/mol. The second kappa shape index (κ2) is 5.77. The molecule has 0 aliphatic carbocycles. The fourth-order valence-corrected chi connectivity index (χ4v) is 2.74. The third-order valence-corrected chi connectivity index (χ3v) is 3.90. The van der Waals surface area contributed by atoms with Crippen LogP contribution in [0.1, 0.15) is 0 Å². The van der Waals surface area contributed by atoms with Gasteiger partial charge in [0.1, 0.15) is 5.82 Å². The van der Waals surface area contributed by atoms with Gasteiger partial charge in [-0.05, 0) is 29.3 Å². The van der Waals surface area contributed by atoms with Crippen LogP contribution in [0.25, 0.3) is 28.0 Å². The van der Waals surface area contributed by atoms with E-state index in [2.05, 4.69) is 34.3 Å². The highest BCUT2D eigenvalue weighted by molar-refractivity contribution is 5.93. The Bertz CT molecular complexity index is 976. The van der Waals surface area contributed by atoms with Crippen LogP contribution in [0.3, 0.4) is 0 Å². The normalized spacial score (nSPS) is 10.9. The number of benzene rings is 2. The topological polar surface area (TPSA) is 46.8 Å². The number of aromatic nitrogens is 4. The van der Waals surface area contributed by atoms with Crippen molar-refractivity contribution >= 4 is 16.7 Å². The molecule has 2 aromatic heterocycles. The molecule has 24 heavy (non-hydrogen) atoms. The minimum atomic E-state index is 0.573. The molecular formula is C19H17N5. The van der Waals surface area contributed by atoms with Gasteiger partial charge in [-0.3, -0.25) is 0 Å². The Labute approximate surface area is 140 Å². The lowest BCUT2D eigenvalue weighted by Crippen LogP contribution is -2.14. The predicted octanol–water partition coefficient (Wildman–Crippen LogP) is 3.55. The van der Waals surface area contributed by atoms with Crippen molar-refractivity contribution in [2.75, 3.05) is 19.0 Å². The van der Waals surface area contributed by atoms with Crippen LogP contribution in [-0.2, 0) is 0 Å². The van der Waals surface area contributed by atoms with Gasteiger partial charge in [0.2, 0.25) is 0 Å². The zero-order valence-electron chi connectivity index (χ0n) is 13.6. The fourth-order valence-electron chi connectivity index (χ4n) is 2.74. The molecule has 0 atom stereocenters. The van der Waals surface area contributed by atoms with Crippen molar-refractivity contribution in [3.05, 3.63) is 67.0 Å². The SMILES string of the molecule is CN(C)c1nc(-n2cccn2)nc2ccc(-c3ccccc3)cc12. The molecule has 4 rings (SSSR count). The summed E-state index contributed by atoms with van der Waals surface area (Å²) < 4.78 is 1.68. The maximum absolute atomic E-state index is 4.69. The lowest BCUT2D eigenvalue weighted by atomic mass is 10.0. The van der Waals surface area contributed by atoms with Gasteiger partial charge < -0.3 is 4.90 Å². The molecule has 5 heteroatoms. The second-order valence-electron chi connectivity index (χ2n) is 5.79. The third-order valence-electron chi connectivity index (χ3n) is 3.90. The summed E-state index contributed by atoms with van der Waals surface area (Å²) in [5, 5.41) is 5.26. The molecule has 2 aromatic carbocycles. The van der Waals surface area contributed by atoms with Crippen LogP contribution in [0.4, 0.5) is 5.82 Å². The van der Waals surface area contributed by atoms with Crippen LogP contribution in [0.15, 0.2) is 67.0 Å². The number of hydrogen-bond acceptors (Lipinski definition) is 4. The zero-order valence-corrected chi connectivity index (χ0v) is 13.6. The quantitative estimate of drug-likeness (QED) is 0.580. The van der Waals surface area contributed by atoms with E-state index in [1.165, 1.54) is 5.56 Å². The summed E-state index contributed by atoms with van der Waals surface area (Å²) >= 11 is 0. The molecule has 0 aliphatic heterocycles. The molecule has 0 bridgehead atoms. The van der Waals surface area contributed by atoms with Crippen LogP contribution in [0.5, 0.6) is 0 Å². The second-order valence-corrected chi connectivity index (χ2v) is 5.79. The van der Waals surface area contributed by atoms with Gasteiger partial charge in [0.25, 0.3) is 5.95 Å². The Hall–Kier alpha value is -3.21. The molecule has 4 aromatic rings. The van der Waals surface area contributed by atoms with Crippen molar-refractivity contribution in [2.24, 2.45) is 0 Å². The standard InChI is InChI=1S/C19H17N5/c1-23(2)18-16-13-15(14-7-4-3-5-8-14)9-10-17(16)21-19(22-18)24-12-6-11-20-24/h3-13H,1-2H3. The molecular weight excluding hydrogens is 298 g/mol. The molecule has 0 radical (unpaired) electrons. The molecule has 5 nitrogen and oxygen atoms in total. The number of fused-ring (bicyclic) bond motifs is 1. The summed E-state index contributed by atoms with van der Waals surface area (Å²) in [6, 6.07) is 18.5. The Kier molecular flexibility index (Phi) is 3.46. The summed E-state index contributed by atoms with van der Waals surface area (Å²) in [6.45, 7) is 0. The van der Waals surface area contributed by atoms with E-state index in [0.717, 1.165) is 22.3 Å².